The van der Waals surface area contributed by atoms with Crippen LogP contribution in [0.3, 0.4) is 0 Å². The SMILES string of the molecule is CCC(C)(N)NC(=O)c1ncc(CCl)cc1C(=O)O. The van der Waals surface area contributed by atoms with Crippen molar-refractivity contribution in [2.75, 3.05) is 0 Å². The van der Waals surface area contributed by atoms with Crippen molar-refractivity contribution in [3.05, 3.63) is 29.1 Å². The fraction of sp³-hybridized carbons (Fsp3) is 0.417. The number of carbonyl (C=O) groups excluding carboxylic acids is 1. The van der Waals surface area contributed by atoms with Gasteiger partial charge in [0.2, 0.25) is 0 Å². The lowest BCUT2D eigenvalue weighted by molar-refractivity contribution is 0.0688. The van der Waals surface area contributed by atoms with Crippen molar-refractivity contribution in [2.45, 2.75) is 31.8 Å². The molecule has 0 aliphatic rings. The number of carboxylic acids is 1. The van der Waals surface area contributed by atoms with Crippen LogP contribution in [-0.2, 0) is 5.88 Å². The van der Waals surface area contributed by atoms with E-state index in [0.717, 1.165) is 0 Å². The number of carbonyl (C=O) groups is 2. The Kier molecular flexibility index (Phi) is 4.85. The summed E-state index contributed by atoms with van der Waals surface area (Å²) in [6.07, 6.45) is 1.87. The van der Waals surface area contributed by atoms with Crippen LogP contribution in [0.25, 0.3) is 0 Å². The summed E-state index contributed by atoms with van der Waals surface area (Å²) in [7, 11) is 0. The zero-order chi connectivity index (χ0) is 14.6. The van der Waals surface area contributed by atoms with Crippen molar-refractivity contribution in [1.82, 2.24) is 10.3 Å². The molecule has 0 bridgehead atoms. The van der Waals surface area contributed by atoms with Gasteiger partial charge in [0.1, 0.15) is 5.69 Å². The highest BCUT2D eigenvalue weighted by molar-refractivity contribution is 6.17. The lowest BCUT2D eigenvalue weighted by atomic mass is 10.1. The van der Waals surface area contributed by atoms with Gasteiger partial charge in [0.25, 0.3) is 5.91 Å². The molecule has 1 unspecified atom stereocenters. The van der Waals surface area contributed by atoms with Gasteiger partial charge in [-0.1, -0.05) is 6.92 Å². The van der Waals surface area contributed by atoms with Gasteiger partial charge in [0, 0.05) is 12.1 Å². The molecule has 19 heavy (non-hydrogen) atoms. The van der Waals surface area contributed by atoms with Crippen LogP contribution in [0.4, 0.5) is 0 Å². The third kappa shape index (κ3) is 3.90. The summed E-state index contributed by atoms with van der Waals surface area (Å²) in [5, 5.41) is 11.6. The van der Waals surface area contributed by atoms with Crippen molar-refractivity contribution < 1.29 is 14.7 Å². The molecule has 6 nitrogen and oxygen atoms in total. The molecular formula is C12H16ClN3O3. The van der Waals surface area contributed by atoms with E-state index < -0.39 is 17.5 Å². The van der Waals surface area contributed by atoms with Gasteiger partial charge >= 0.3 is 5.97 Å². The molecule has 7 heteroatoms. The third-order valence-electron chi connectivity index (χ3n) is 2.68. The fourth-order valence-corrected chi connectivity index (χ4v) is 1.48. The molecule has 0 saturated carbocycles. The number of nitrogens with two attached hydrogens (primary N) is 1. The van der Waals surface area contributed by atoms with Crippen LogP contribution in [0.5, 0.6) is 0 Å². The Hall–Kier alpha value is -1.66. The summed E-state index contributed by atoms with van der Waals surface area (Å²) in [4.78, 5) is 27.0. The number of hydrogen-bond acceptors (Lipinski definition) is 4. The minimum atomic E-state index is -1.24. The van der Waals surface area contributed by atoms with E-state index in [9.17, 15) is 9.59 Å². The summed E-state index contributed by atoms with van der Waals surface area (Å²) in [6.45, 7) is 3.45. The van der Waals surface area contributed by atoms with Gasteiger partial charge in [-0.05, 0) is 25.0 Å². The molecule has 1 rings (SSSR count). The smallest absolute Gasteiger partial charge is 0.338 e. The number of aromatic nitrogens is 1. The molecule has 1 heterocycles. The van der Waals surface area contributed by atoms with Crippen molar-refractivity contribution >= 4 is 23.5 Å². The van der Waals surface area contributed by atoms with Gasteiger partial charge in [0.15, 0.2) is 0 Å². The van der Waals surface area contributed by atoms with Gasteiger partial charge in [-0.2, -0.15) is 0 Å². The number of alkyl halides is 1. The number of nitrogens with zero attached hydrogens (tertiary/aromatic N) is 1. The zero-order valence-electron chi connectivity index (χ0n) is 10.7. The van der Waals surface area contributed by atoms with Gasteiger partial charge in [0.05, 0.1) is 11.2 Å². The number of aromatic carboxylic acids is 1. The first-order valence-corrected chi connectivity index (χ1v) is 6.23. The number of nitrogens with one attached hydrogen (secondary N) is 1. The summed E-state index contributed by atoms with van der Waals surface area (Å²) in [6, 6.07) is 1.33. The summed E-state index contributed by atoms with van der Waals surface area (Å²) < 4.78 is 0. The van der Waals surface area contributed by atoms with E-state index in [1.54, 1.807) is 6.92 Å². The molecule has 0 spiro atoms. The Labute approximate surface area is 116 Å². The molecule has 0 saturated heterocycles. The van der Waals surface area contributed by atoms with Crippen LogP contribution in [0.15, 0.2) is 12.3 Å². The largest absolute Gasteiger partial charge is 0.478 e. The van der Waals surface area contributed by atoms with Crippen LogP contribution >= 0.6 is 11.6 Å². The van der Waals surface area contributed by atoms with Crippen LogP contribution < -0.4 is 11.1 Å². The van der Waals surface area contributed by atoms with Crippen molar-refractivity contribution in [1.29, 1.82) is 0 Å². The average molecular weight is 286 g/mol. The first kappa shape index (κ1) is 15.4. The summed E-state index contributed by atoms with van der Waals surface area (Å²) in [5.41, 5.74) is 5.05. The molecule has 0 radical (unpaired) electrons. The average Bonchev–Trinajstić information content (AvgIpc) is 2.37. The molecule has 0 aliphatic carbocycles. The van der Waals surface area contributed by atoms with Crippen LogP contribution in [0.2, 0.25) is 0 Å². The van der Waals surface area contributed by atoms with Crippen molar-refractivity contribution in [2.24, 2.45) is 5.73 Å². The number of amides is 1. The quantitative estimate of drug-likeness (QED) is 0.559. The Balaban J connectivity index is 3.12. The van der Waals surface area contributed by atoms with Crippen LogP contribution in [-0.4, -0.2) is 27.6 Å². The molecule has 0 aromatic carbocycles. The molecule has 1 aromatic rings. The van der Waals surface area contributed by atoms with Gasteiger partial charge < -0.3 is 16.2 Å². The minimum absolute atomic E-state index is 0.124. The Morgan fingerprint density at radius 1 is 1.58 bits per heavy atom. The Morgan fingerprint density at radius 3 is 2.68 bits per heavy atom. The van der Waals surface area contributed by atoms with Gasteiger partial charge in [-0.25, -0.2) is 9.78 Å². The maximum Gasteiger partial charge on any atom is 0.338 e. The molecule has 0 aliphatic heterocycles. The highest BCUT2D eigenvalue weighted by Gasteiger charge is 2.24. The predicted molar refractivity (Wildman–Crippen MR) is 71.1 cm³/mol. The molecule has 1 atom stereocenters. The van der Waals surface area contributed by atoms with Crippen molar-refractivity contribution in [3.8, 4) is 0 Å². The molecule has 104 valence electrons. The molecular weight excluding hydrogens is 270 g/mol. The maximum atomic E-state index is 12.0. The topological polar surface area (TPSA) is 105 Å². The number of carboxylic acid groups (broad SMARTS) is 1. The highest BCUT2D eigenvalue weighted by Crippen LogP contribution is 2.12. The second-order valence-corrected chi connectivity index (χ2v) is 4.67. The maximum absolute atomic E-state index is 12.0. The Bertz CT molecular complexity index is 503. The number of pyridine rings is 1. The predicted octanol–water partition coefficient (Wildman–Crippen LogP) is 1.33. The second-order valence-electron chi connectivity index (χ2n) is 4.40. The molecule has 4 N–H and O–H groups in total. The molecule has 1 amide bonds. The van der Waals surface area contributed by atoms with E-state index >= 15 is 0 Å². The molecule has 1 aromatic heterocycles. The van der Waals surface area contributed by atoms with E-state index in [0.29, 0.717) is 12.0 Å². The van der Waals surface area contributed by atoms with Crippen LogP contribution in [0, 0.1) is 0 Å². The van der Waals surface area contributed by atoms with Crippen molar-refractivity contribution in [3.63, 3.8) is 0 Å². The standard InChI is InChI=1S/C12H16ClN3O3/c1-3-12(2,14)16-10(17)9-8(11(18)19)4-7(5-13)6-15-9/h4,6H,3,5,14H2,1-2H3,(H,16,17)(H,18,19). The second kappa shape index (κ2) is 5.99. The lowest BCUT2D eigenvalue weighted by Crippen LogP contribution is -2.53. The summed E-state index contributed by atoms with van der Waals surface area (Å²) >= 11 is 5.61. The number of halogens is 1. The summed E-state index contributed by atoms with van der Waals surface area (Å²) in [5.74, 6) is -1.73. The van der Waals surface area contributed by atoms with Gasteiger partial charge in [-0.3, -0.25) is 4.79 Å². The highest BCUT2D eigenvalue weighted by atomic mass is 35.5. The van der Waals surface area contributed by atoms with E-state index in [4.69, 9.17) is 22.4 Å². The first-order chi connectivity index (χ1) is 8.80. The number of hydrogen-bond donors (Lipinski definition) is 3. The first-order valence-electron chi connectivity index (χ1n) is 5.70. The normalized spacial score (nSPS) is 13.7. The van der Waals surface area contributed by atoms with E-state index in [-0.39, 0.29) is 17.1 Å². The zero-order valence-corrected chi connectivity index (χ0v) is 11.5. The van der Waals surface area contributed by atoms with Crippen LogP contribution in [0.1, 0.15) is 46.7 Å². The minimum Gasteiger partial charge on any atom is -0.478 e. The fourth-order valence-electron chi connectivity index (χ4n) is 1.33. The Morgan fingerprint density at radius 2 is 2.21 bits per heavy atom. The lowest BCUT2D eigenvalue weighted by Gasteiger charge is -2.24. The van der Waals surface area contributed by atoms with E-state index in [2.05, 4.69) is 10.3 Å². The van der Waals surface area contributed by atoms with E-state index in [1.165, 1.54) is 12.3 Å². The molecule has 0 fully saturated rings. The third-order valence-corrected chi connectivity index (χ3v) is 2.99. The monoisotopic (exact) mass is 285 g/mol. The number of rotatable bonds is 5. The van der Waals surface area contributed by atoms with E-state index in [1.807, 2.05) is 6.92 Å². The van der Waals surface area contributed by atoms with Gasteiger partial charge in [-0.15, -0.1) is 11.6 Å².